The van der Waals surface area contributed by atoms with E-state index < -0.39 is 5.60 Å². The molecule has 0 unspecified atom stereocenters. The van der Waals surface area contributed by atoms with Crippen LogP contribution in [0.4, 0.5) is 0 Å². The van der Waals surface area contributed by atoms with Crippen molar-refractivity contribution in [1.82, 2.24) is 20.2 Å². The molecule has 5 heteroatoms. The highest BCUT2D eigenvalue weighted by atomic mass is 16.3. The molecule has 3 heterocycles. The molecule has 5 nitrogen and oxygen atoms in total. The van der Waals surface area contributed by atoms with Gasteiger partial charge in [-0.2, -0.15) is 0 Å². The van der Waals surface area contributed by atoms with E-state index >= 15 is 0 Å². The van der Waals surface area contributed by atoms with E-state index in [2.05, 4.69) is 27.3 Å². The van der Waals surface area contributed by atoms with E-state index in [1.165, 1.54) is 0 Å². The summed E-state index contributed by atoms with van der Waals surface area (Å²) in [5, 5.41) is 14.6. The molecule has 25 heavy (non-hydrogen) atoms. The maximum atomic E-state index is 11.2. The first kappa shape index (κ1) is 16.6. The van der Waals surface area contributed by atoms with Gasteiger partial charge in [-0.3, -0.25) is 14.9 Å². The second kappa shape index (κ2) is 6.83. The first-order chi connectivity index (χ1) is 12.2. The number of rotatable bonds is 3. The number of nitrogens with zero attached hydrogens (tertiary/aromatic N) is 3. The Balaban J connectivity index is 1.63. The number of aliphatic hydroxyl groups is 1. The SMILES string of the molecule is OC1(c2ccccn2)CCC(c2ccccn2)(N2CCNCC2)CC1. The van der Waals surface area contributed by atoms with Crippen LogP contribution in [-0.4, -0.2) is 46.2 Å². The standard InChI is InChI=1S/C20H26N4O/c25-20(18-6-2-4-12-23-18)9-7-19(8-10-20,17-5-1-3-11-22-17)24-15-13-21-14-16-24/h1-6,11-12,21,25H,7-10,13-16H2. The molecule has 0 radical (unpaired) electrons. The van der Waals surface area contributed by atoms with Crippen LogP contribution in [0.1, 0.15) is 37.1 Å². The highest BCUT2D eigenvalue weighted by Crippen LogP contribution is 2.48. The van der Waals surface area contributed by atoms with Crippen molar-refractivity contribution in [1.29, 1.82) is 0 Å². The number of hydrogen-bond donors (Lipinski definition) is 2. The van der Waals surface area contributed by atoms with E-state index in [0.29, 0.717) is 12.8 Å². The van der Waals surface area contributed by atoms with Gasteiger partial charge in [0.05, 0.1) is 16.9 Å². The molecule has 0 atom stereocenters. The van der Waals surface area contributed by atoms with Gasteiger partial charge in [-0.1, -0.05) is 12.1 Å². The number of aromatic nitrogens is 2. The van der Waals surface area contributed by atoms with Gasteiger partial charge in [-0.15, -0.1) is 0 Å². The van der Waals surface area contributed by atoms with Crippen molar-refractivity contribution in [2.75, 3.05) is 26.2 Å². The highest BCUT2D eigenvalue weighted by molar-refractivity contribution is 5.22. The Labute approximate surface area is 149 Å². The van der Waals surface area contributed by atoms with Crippen molar-refractivity contribution in [3.63, 3.8) is 0 Å². The van der Waals surface area contributed by atoms with Gasteiger partial charge in [0.1, 0.15) is 5.60 Å². The molecule has 2 aromatic rings. The summed E-state index contributed by atoms with van der Waals surface area (Å²) in [7, 11) is 0. The zero-order chi connectivity index (χ0) is 17.2. The summed E-state index contributed by atoms with van der Waals surface area (Å²) in [5.74, 6) is 0. The molecule has 1 saturated heterocycles. The van der Waals surface area contributed by atoms with Crippen LogP contribution in [0.3, 0.4) is 0 Å². The first-order valence-electron chi connectivity index (χ1n) is 9.24. The third kappa shape index (κ3) is 3.08. The van der Waals surface area contributed by atoms with Crippen LogP contribution in [0.2, 0.25) is 0 Å². The average Bonchev–Trinajstić information content (AvgIpc) is 2.71. The van der Waals surface area contributed by atoms with Crippen molar-refractivity contribution in [3.05, 3.63) is 60.2 Å². The average molecular weight is 338 g/mol. The van der Waals surface area contributed by atoms with Crippen LogP contribution < -0.4 is 5.32 Å². The minimum Gasteiger partial charge on any atom is -0.384 e. The van der Waals surface area contributed by atoms with Crippen LogP contribution in [-0.2, 0) is 11.1 Å². The van der Waals surface area contributed by atoms with Gasteiger partial charge in [0, 0.05) is 38.6 Å². The molecule has 1 aliphatic carbocycles. The lowest BCUT2D eigenvalue weighted by Gasteiger charge is -2.51. The lowest BCUT2D eigenvalue weighted by molar-refractivity contribution is -0.0693. The molecule has 0 bridgehead atoms. The highest BCUT2D eigenvalue weighted by Gasteiger charge is 2.48. The Kier molecular flexibility index (Phi) is 4.54. The van der Waals surface area contributed by atoms with Gasteiger partial charge in [-0.25, -0.2) is 0 Å². The predicted octanol–water partition coefficient (Wildman–Crippen LogP) is 2.04. The van der Waals surface area contributed by atoms with Crippen LogP contribution in [0.15, 0.2) is 48.8 Å². The lowest BCUT2D eigenvalue weighted by atomic mass is 9.70. The number of pyridine rings is 2. The second-order valence-electron chi connectivity index (χ2n) is 7.23. The Morgan fingerprint density at radius 2 is 1.44 bits per heavy atom. The largest absolute Gasteiger partial charge is 0.384 e. The first-order valence-corrected chi connectivity index (χ1v) is 9.24. The molecule has 0 amide bonds. The summed E-state index contributed by atoms with van der Waals surface area (Å²) < 4.78 is 0. The van der Waals surface area contributed by atoms with Crippen molar-refractivity contribution in [2.45, 2.75) is 36.8 Å². The topological polar surface area (TPSA) is 61.3 Å². The molecular weight excluding hydrogens is 312 g/mol. The quantitative estimate of drug-likeness (QED) is 0.897. The van der Waals surface area contributed by atoms with E-state index in [0.717, 1.165) is 50.4 Å². The molecule has 2 fully saturated rings. The van der Waals surface area contributed by atoms with E-state index in [-0.39, 0.29) is 5.54 Å². The van der Waals surface area contributed by atoms with E-state index in [1.807, 2.05) is 30.5 Å². The summed E-state index contributed by atoms with van der Waals surface area (Å²) in [4.78, 5) is 11.7. The zero-order valence-electron chi connectivity index (χ0n) is 14.6. The van der Waals surface area contributed by atoms with Gasteiger partial charge in [0.15, 0.2) is 0 Å². The molecule has 2 aliphatic rings. The van der Waals surface area contributed by atoms with E-state index in [9.17, 15) is 5.11 Å². The van der Waals surface area contributed by atoms with Gasteiger partial charge < -0.3 is 10.4 Å². The third-order valence-electron chi connectivity index (χ3n) is 5.91. The Hall–Kier alpha value is -1.82. The van der Waals surface area contributed by atoms with Crippen LogP contribution in [0.25, 0.3) is 0 Å². The Morgan fingerprint density at radius 1 is 0.840 bits per heavy atom. The molecule has 1 saturated carbocycles. The molecule has 4 rings (SSSR count). The van der Waals surface area contributed by atoms with Gasteiger partial charge in [-0.05, 0) is 49.9 Å². The predicted molar refractivity (Wildman–Crippen MR) is 97.0 cm³/mol. The molecule has 1 aliphatic heterocycles. The smallest absolute Gasteiger partial charge is 0.107 e. The zero-order valence-corrected chi connectivity index (χ0v) is 14.6. The Bertz CT molecular complexity index is 677. The fraction of sp³-hybridized carbons (Fsp3) is 0.500. The van der Waals surface area contributed by atoms with Crippen LogP contribution in [0.5, 0.6) is 0 Å². The summed E-state index contributed by atoms with van der Waals surface area (Å²) in [6.45, 7) is 4.08. The minimum absolute atomic E-state index is 0.0790. The molecule has 2 N–H and O–H groups in total. The fourth-order valence-electron chi connectivity index (χ4n) is 4.44. The van der Waals surface area contributed by atoms with Gasteiger partial charge in [0.2, 0.25) is 0 Å². The summed E-state index contributed by atoms with van der Waals surface area (Å²) in [6.07, 6.45) is 6.88. The third-order valence-corrected chi connectivity index (χ3v) is 5.91. The Morgan fingerprint density at radius 3 is 2.00 bits per heavy atom. The molecule has 0 spiro atoms. The number of nitrogens with one attached hydrogen (secondary N) is 1. The van der Waals surface area contributed by atoms with E-state index in [4.69, 9.17) is 4.98 Å². The maximum absolute atomic E-state index is 11.2. The van der Waals surface area contributed by atoms with E-state index in [1.54, 1.807) is 6.20 Å². The van der Waals surface area contributed by atoms with Crippen molar-refractivity contribution in [3.8, 4) is 0 Å². The number of hydrogen-bond acceptors (Lipinski definition) is 5. The molecule has 2 aromatic heterocycles. The van der Waals surface area contributed by atoms with Crippen molar-refractivity contribution < 1.29 is 5.11 Å². The maximum Gasteiger partial charge on any atom is 0.107 e. The monoisotopic (exact) mass is 338 g/mol. The fourth-order valence-corrected chi connectivity index (χ4v) is 4.44. The van der Waals surface area contributed by atoms with Crippen LogP contribution >= 0.6 is 0 Å². The number of piperazine rings is 1. The van der Waals surface area contributed by atoms with Gasteiger partial charge in [0.25, 0.3) is 0 Å². The van der Waals surface area contributed by atoms with Crippen molar-refractivity contribution >= 4 is 0 Å². The van der Waals surface area contributed by atoms with Gasteiger partial charge >= 0.3 is 0 Å². The minimum atomic E-state index is -0.826. The normalized spacial score (nSPS) is 30.9. The molecule has 0 aromatic carbocycles. The second-order valence-corrected chi connectivity index (χ2v) is 7.23. The molecular formula is C20H26N4O. The summed E-state index contributed by atoms with van der Waals surface area (Å²) in [6, 6.07) is 12.0. The van der Waals surface area contributed by atoms with Crippen molar-refractivity contribution in [2.24, 2.45) is 0 Å². The summed E-state index contributed by atoms with van der Waals surface area (Å²) >= 11 is 0. The lowest BCUT2D eigenvalue weighted by Crippen LogP contribution is -2.57. The summed E-state index contributed by atoms with van der Waals surface area (Å²) in [5.41, 5.74) is 1.03. The molecule has 132 valence electrons. The van der Waals surface area contributed by atoms with Crippen LogP contribution in [0, 0.1) is 0 Å².